The number of thiocarbonyl (C=S) groups is 1. The summed E-state index contributed by atoms with van der Waals surface area (Å²) in [6.45, 7) is 0.501. The fourth-order valence-corrected chi connectivity index (χ4v) is 2.57. The van der Waals surface area contributed by atoms with Crippen molar-refractivity contribution < 1.29 is 17.9 Å². The van der Waals surface area contributed by atoms with Crippen molar-refractivity contribution >= 4 is 17.2 Å². The van der Waals surface area contributed by atoms with Crippen LogP contribution in [-0.2, 0) is 6.18 Å². The molecule has 0 saturated heterocycles. The smallest absolute Gasteiger partial charge is 0.416 e. The van der Waals surface area contributed by atoms with Crippen LogP contribution >= 0.6 is 12.2 Å². The van der Waals surface area contributed by atoms with Gasteiger partial charge in [0.25, 0.3) is 0 Å². The van der Waals surface area contributed by atoms with Crippen LogP contribution < -0.4 is 10.5 Å². The Morgan fingerprint density at radius 3 is 2.50 bits per heavy atom. The van der Waals surface area contributed by atoms with Gasteiger partial charge < -0.3 is 10.5 Å². The van der Waals surface area contributed by atoms with Gasteiger partial charge in [0.1, 0.15) is 10.7 Å². The molecule has 2 nitrogen and oxygen atoms in total. The Hall–Kier alpha value is -1.30. The Labute approximate surface area is 121 Å². The predicted octanol–water partition coefficient (Wildman–Crippen LogP) is 3.91. The predicted molar refractivity (Wildman–Crippen MR) is 74.8 cm³/mol. The first kappa shape index (κ1) is 15.1. The number of alkyl halides is 3. The molecule has 20 heavy (non-hydrogen) atoms. The van der Waals surface area contributed by atoms with Crippen molar-refractivity contribution in [2.45, 2.75) is 31.9 Å². The summed E-state index contributed by atoms with van der Waals surface area (Å²) in [5.74, 6) is 0.800. The molecule has 0 radical (unpaired) electrons. The largest absolute Gasteiger partial charge is 0.493 e. The van der Waals surface area contributed by atoms with Gasteiger partial charge >= 0.3 is 6.18 Å². The summed E-state index contributed by atoms with van der Waals surface area (Å²) in [6, 6.07) is 3.24. The Bertz CT molecular complexity index is 496. The SMILES string of the molecule is NC(=S)c1cc(C(F)(F)F)ccc1OCC1CCCC1. The molecule has 0 atom stereocenters. The fourth-order valence-electron chi connectivity index (χ4n) is 2.41. The highest BCUT2D eigenvalue weighted by molar-refractivity contribution is 7.80. The summed E-state index contributed by atoms with van der Waals surface area (Å²) in [5, 5.41) is 0. The summed E-state index contributed by atoms with van der Waals surface area (Å²) in [6.07, 6.45) is 0.155. The van der Waals surface area contributed by atoms with Crippen LogP contribution in [-0.4, -0.2) is 11.6 Å². The van der Waals surface area contributed by atoms with Crippen LogP contribution in [0.2, 0.25) is 0 Å². The number of ether oxygens (including phenoxy) is 1. The summed E-state index contributed by atoms with van der Waals surface area (Å²) in [5.41, 5.74) is 4.87. The molecule has 0 bridgehead atoms. The van der Waals surface area contributed by atoms with Gasteiger partial charge in [0, 0.05) is 0 Å². The van der Waals surface area contributed by atoms with Gasteiger partial charge in [0.2, 0.25) is 0 Å². The Morgan fingerprint density at radius 1 is 1.30 bits per heavy atom. The van der Waals surface area contributed by atoms with Crippen LogP contribution in [0.4, 0.5) is 13.2 Å². The van der Waals surface area contributed by atoms with Crippen molar-refractivity contribution in [2.75, 3.05) is 6.61 Å². The normalized spacial score (nSPS) is 16.4. The van der Waals surface area contributed by atoms with Gasteiger partial charge in [-0.1, -0.05) is 25.1 Å². The number of halogens is 3. The maximum Gasteiger partial charge on any atom is 0.416 e. The van der Waals surface area contributed by atoms with Crippen LogP contribution in [0, 0.1) is 5.92 Å². The molecule has 1 aliphatic carbocycles. The van der Waals surface area contributed by atoms with Crippen LogP contribution in [0.1, 0.15) is 36.8 Å². The summed E-state index contributed by atoms with van der Waals surface area (Å²) >= 11 is 4.81. The maximum atomic E-state index is 12.7. The maximum absolute atomic E-state index is 12.7. The third kappa shape index (κ3) is 3.62. The zero-order valence-corrected chi connectivity index (χ0v) is 11.7. The van der Waals surface area contributed by atoms with E-state index in [2.05, 4.69) is 0 Å². The lowest BCUT2D eigenvalue weighted by Crippen LogP contribution is -2.16. The van der Waals surface area contributed by atoms with Gasteiger partial charge in [-0.15, -0.1) is 0 Å². The van der Waals surface area contributed by atoms with Crippen molar-refractivity contribution in [1.82, 2.24) is 0 Å². The average Bonchev–Trinajstić information content (AvgIpc) is 2.88. The number of rotatable bonds is 4. The molecule has 0 spiro atoms. The first-order valence-electron chi connectivity index (χ1n) is 6.52. The van der Waals surface area contributed by atoms with Crippen LogP contribution in [0.3, 0.4) is 0 Å². The highest BCUT2D eigenvalue weighted by Gasteiger charge is 2.31. The van der Waals surface area contributed by atoms with E-state index in [0.717, 1.165) is 25.0 Å². The van der Waals surface area contributed by atoms with E-state index in [0.29, 0.717) is 18.3 Å². The highest BCUT2D eigenvalue weighted by Crippen LogP contribution is 2.33. The van der Waals surface area contributed by atoms with E-state index in [1.807, 2.05) is 0 Å². The van der Waals surface area contributed by atoms with E-state index < -0.39 is 11.7 Å². The van der Waals surface area contributed by atoms with Crippen LogP contribution in [0.5, 0.6) is 5.75 Å². The molecule has 0 aromatic heterocycles. The van der Waals surface area contributed by atoms with Crippen LogP contribution in [0.15, 0.2) is 18.2 Å². The molecule has 0 amide bonds. The minimum absolute atomic E-state index is 0.0856. The van der Waals surface area contributed by atoms with Gasteiger partial charge in [-0.25, -0.2) is 0 Å². The van der Waals surface area contributed by atoms with E-state index in [-0.39, 0.29) is 10.6 Å². The lowest BCUT2D eigenvalue weighted by atomic mass is 10.1. The Morgan fingerprint density at radius 2 is 1.95 bits per heavy atom. The van der Waals surface area contributed by atoms with E-state index in [9.17, 15) is 13.2 Å². The van der Waals surface area contributed by atoms with Crippen molar-refractivity contribution in [3.8, 4) is 5.75 Å². The topological polar surface area (TPSA) is 35.2 Å². The summed E-state index contributed by atoms with van der Waals surface area (Å²) < 4.78 is 43.6. The molecule has 6 heteroatoms. The highest BCUT2D eigenvalue weighted by atomic mass is 32.1. The van der Waals surface area contributed by atoms with Crippen molar-refractivity contribution in [3.05, 3.63) is 29.3 Å². The van der Waals surface area contributed by atoms with Crippen molar-refractivity contribution in [3.63, 3.8) is 0 Å². The number of hydrogen-bond acceptors (Lipinski definition) is 2. The van der Waals surface area contributed by atoms with E-state index in [1.54, 1.807) is 0 Å². The molecule has 0 aliphatic heterocycles. The zero-order chi connectivity index (χ0) is 14.8. The van der Waals surface area contributed by atoms with E-state index >= 15 is 0 Å². The number of nitrogens with two attached hydrogens (primary N) is 1. The van der Waals surface area contributed by atoms with E-state index in [4.69, 9.17) is 22.7 Å². The average molecular weight is 303 g/mol. The van der Waals surface area contributed by atoms with Crippen molar-refractivity contribution in [1.29, 1.82) is 0 Å². The second kappa shape index (κ2) is 5.99. The third-order valence-electron chi connectivity index (χ3n) is 3.52. The molecular formula is C14H16F3NOS. The van der Waals surface area contributed by atoms with E-state index in [1.165, 1.54) is 18.9 Å². The number of benzene rings is 1. The van der Waals surface area contributed by atoms with Gasteiger partial charge in [-0.05, 0) is 37.0 Å². The molecule has 1 aliphatic rings. The molecule has 1 fully saturated rings. The molecule has 2 rings (SSSR count). The second-order valence-corrected chi connectivity index (χ2v) is 5.47. The first-order chi connectivity index (χ1) is 9.38. The molecule has 2 N–H and O–H groups in total. The molecular weight excluding hydrogens is 287 g/mol. The second-order valence-electron chi connectivity index (χ2n) is 5.03. The number of hydrogen-bond donors (Lipinski definition) is 1. The monoisotopic (exact) mass is 303 g/mol. The quantitative estimate of drug-likeness (QED) is 0.857. The molecule has 1 saturated carbocycles. The van der Waals surface area contributed by atoms with Crippen LogP contribution in [0.25, 0.3) is 0 Å². The summed E-state index contributed by atoms with van der Waals surface area (Å²) in [7, 11) is 0. The lowest BCUT2D eigenvalue weighted by Gasteiger charge is -2.16. The summed E-state index contributed by atoms with van der Waals surface area (Å²) in [4.78, 5) is -0.0856. The zero-order valence-electron chi connectivity index (χ0n) is 10.9. The van der Waals surface area contributed by atoms with Gasteiger partial charge in [0.15, 0.2) is 0 Å². The van der Waals surface area contributed by atoms with Gasteiger partial charge in [0.05, 0.1) is 17.7 Å². The third-order valence-corrected chi connectivity index (χ3v) is 3.74. The first-order valence-corrected chi connectivity index (χ1v) is 6.92. The Balaban J connectivity index is 2.17. The molecule has 0 unspecified atom stereocenters. The van der Waals surface area contributed by atoms with Crippen molar-refractivity contribution in [2.24, 2.45) is 11.7 Å². The van der Waals surface area contributed by atoms with Gasteiger partial charge in [-0.2, -0.15) is 13.2 Å². The minimum atomic E-state index is -4.41. The molecule has 1 aromatic carbocycles. The fraction of sp³-hybridized carbons (Fsp3) is 0.500. The molecule has 0 heterocycles. The van der Waals surface area contributed by atoms with Gasteiger partial charge in [-0.3, -0.25) is 0 Å². The Kier molecular flexibility index (Phi) is 4.52. The lowest BCUT2D eigenvalue weighted by molar-refractivity contribution is -0.137. The molecule has 1 aromatic rings. The standard InChI is InChI=1S/C14H16F3NOS/c15-14(16,17)10-5-6-12(11(7-10)13(18)20)19-8-9-3-1-2-4-9/h5-7,9H,1-4,8H2,(H2,18,20). The minimum Gasteiger partial charge on any atom is -0.493 e. The molecule has 110 valence electrons.